The molecule has 100 valence electrons. The highest BCUT2D eigenvalue weighted by molar-refractivity contribution is 7.09. The van der Waals surface area contributed by atoms with Crippen molar-refractivity contribution < 1.29 is 9.90 Å². The summed E-state index contributed by atoms with van der Waals surface area (Å²) in [6.07, 6.45) is 0.644. The van der Waals surface area contributed by atoms with Crippen molar-refractivity contribution in [2.75, 3.05) is 0 Å². The lowest BCUT2D eigenvalue weighted by Gasteiger charge is -2.02. The number of aliphatic carboxylic acids is 1. The van der Waals surface area contributed by atoms with Crippen LogP contribution in [0.2, 0.25) is 0 Å². The molecular formula is C14H16N2O2S. The molecule has 2 aromatic rings. The highest BCUT2D eigenvalue weighted by atomic mass is 32.1. The Kier molecular flexibility index (Phi) is 5.06. The number of nitrogens with zero attached hydrogens (tertiary/aromatic N) is 1. The van der Waals surface area contributed by atoms with Gasteiger partial charge in [-0.1, -0.05) is 30.3 Å². The molecule has 4 nitrogen and oxygen atoms in total. The molecule has 0 aliphatic heterocycles. The molecule has 0 radical (unpaired) electrons. The number of aromatic nitrogens is 1. The van der Waals surface area contributed by atoms with Crippen LogP contribution in [0.15, 0.2) is 35.7 Å². The average Bonchev–Trinajstić information content (AvgIpc) is 2.86. The number of carbonyl (C=O) groups is 1. The Balaban J connectivity index is 1.76. The summed E-state index contributed by atoms with van der Waals surface area (Å²) < 4.78 is 0. The van der Waals surface area contributed by atoms with Crippen molar-refractivity contribution in [2.45, 2.75) is 25.9 Å². The summed E-state index contributed by atoms with van der Waals surface area (Å²) in [5.41, 5.74) is 2.11. The van der Waals surface area contributed by atoms with Gasteiger partial charge < -0.3 is 10.4 Å². The Morgan fingerprint density at radius 3 is 2.79 bits per heavy atom. The van der Waals surface area contributed by atoms with Crippen molar-refractivity contribution in [2.24, 2.45) is 0 Å². The van der Waals surface area contributed by atoms with Gasteiger partial charge in [-0.3, -0.25) is 4.79 Å². The number of carboxylic acids is 1. The largest absolute Gasteiger partial charge is 0.481 e. The summed E-state index contributed by atoms with van der Waals surface area (Å²) in [6.45, 7) is 1.53. The third kappa shape index (κ3) is 4.81. The lowest BCUT2D eigenvalue weighted by molar-refractivity contribution is -0.136. The Bertz CT molecular complexity index is 525. The summed E-state index contributed by atoms with van der Waals surface area (Å²) in [4.78, 5) is 14.9. The van der Waals surface area contributed by atoms with Crippen LogP contribution < -0.4 is 5.32 Å². The highest BCUT2D eigenvalue weighted by Crippen LogP contribution is 2.11. The van der Waals surface area contributed by atoms with E-state index in [9.17, 15) is 4.79 Å². The molecule has 0 aliphatic carbocycles. The van der Waals surface area contributed by atoms with Crippen LogP contribution in [0.5, 0.6) is 0 Å². The van der Waals surface area contributed by atoms with Crippen LogP contribution in [-0.4, -0.2) is 16.1 Å². The first kappa shape index (κ1) is 13.7. The number of benzene rings is 1. The van der Waals surface area contributed by atoms with E-state index < -0.39 is 5.97 Å². The van der Waals surface area contributed by atoms with E-state index in [4.69, 9.17) is 5.11 Å². The topological polar surface area (TPSA) is 62.2 Å². The van der Waals surface area contributed by atoms with Crippen molar-refractivity contribution in [3.8, 4) is 0 Å². The van der Waals surface area contributed by atoms with Crippen LogP contribution in [-0.2, 0) is 24.3 Å². The maximum Gasteiger partial charge on any atom is 0.303 e. The summed E-state index contributed by atoms with van der Waals surface area (Å²) in [7, 11) is 0. The predicted molar refractivity (Wildman–Crippen MR) is 75.1 cm³/mol. The Morgan fingerprint density at radius 1 is 1.26 bits per heavy atom. The Labute approximate surface area is 116 Å². The molecular weight excluding hydrogens is 260 g/mol. The lowest BCUT2D eigenvalue weighted by Crippen LogP contribution is -2.12. The number of hydrogen-bond acceptors (Lipinski definition) is 4. The zero-order valence-electron chi connectivity index (χ0n) is 10.5. The van der Waals surface area contributed by atoms with Gasteiger partial charge in [-0.25, -0.2) is 4.98 Å². The average molecular weight is 276 g/mol. The minimum Gasteiger partial charge on any atom is -0.481 e. The molecule has 0 unspecified atom stereocenters. The molecule has 0 amide bonds. The van der Waals surface area contributed by atoms with Gasteiger partial charge in [0.15, 0.2) is 0 Å². The number of carboxylic acid groups (broad SMARTS) is 1. The molecule has 0 spiro atoms. The maximum absolute atomic E-state index is 10.5. The van der Waals surface area contributed by atoms with E-state index in [1.807, 2.05) is 23.6 Å². The van der Waals surface area contributed by atoms with E-state index in [0.717, 1.165) is 17.2 Å². The first-order valence-electron chi connectivity index (χ1n) is 6.14. The molecule has 0 saturated carbocycles. The fourth-order valence-corrected chi connectivity index (χ4v) is 2.49. The minimum absolute atomic E-state index is 0.140. The molecule has 1 heterocycles. The van der Waals surface area contributed by atoms with Crippen molar-refractivity contribution in [1.29, 1.82) is 0 Å². The van der Waals surface area contributed by atoms with Gasteiger partial charge in [-0.15, -0.1) is 11.3 Å². The molecule has 0 aliphatic rings. The molecule has 1 aromatic carbocycles. The van der Waals surface area contributed by atoms with E-state index in [-0.39, 0.29) is 6.42 Å². The lowest BCUT2D eigenvalue weighted by atomic mass is 10.2. The third-order valence-electron chi connectivity index (χ3n) is 2.64. The standard InChI is InChI=1S/C14H16N2O2S/c17-14(18)7-6-12-10-19-13(16-12)9-15-8-11-4-2-1-3-5-11/h1-5,10,15H,6-9H2,(H,17,18). The second-order valence-corrected chi connectivity index (χ2v) is 5.16. The molecule has 0 atom stereocenters. The predicted octanol–water partition coefficient (Wildman–Crippen LogP) is 2.45. The van der Waals surface area contributed by atoms with Crippen molar-refractivity contribution in [3.63, 3.8) is 0 Å². The van der Waals surface area contributed by atoms with Crippen molar-refractivity contribution >= 4 is 17.3 Å². The van der Waals surface area contributed by atoms with Gasteiger partial charge >= 0.3 is 5.97 Å². The smallest absolute Gasteiger partial charge is 0.303 e. The fourth-order valence-electron chi connectivity index (χ4n) is 1.69. The molecule has 0 bridgehead atoms. The second-order valence-electron chi connectivity index (χ2n) is 4.22. The number of rotatable bonds is 7. The summed E-state index contributed by atoms with van der Waals surface area (Å²) >= 11 is 1.57. The van der Waals surface area contributed by atoms with Gasteiger partial charge in [0.1, 0.15) is 5.01 Å². The number of nitrogens with one attached hydrogen (secondary N) is 1. The third-order valence-corrected chi connectivity index (χ3v) is 3.54. The number of hydrogen-bond donors (Lipinski definition) is 2. The molecule has 5 heteroatoms. The Morgan fingerprint density at radius 2 is 2.05 bits per heavy atom. The van der Waals surface area contributed by atoms with Gasteiger partial charge in [0, 0.05) is 24.9 Å². The van der Waals surface area contributed by atoms with Gasteiger partial charge in [-0.2, -0.15) is 0 Å². The summed E-state index contributed by atoms with van der Waals surface area (Å²) in [6, 6.07) is 10.2. The summed E-state index contributed by atoms with van der Waals surface area (Å²) in [5.74, 6) is -0.781. The van der Waals surface area contributed by atoms with Crippen LogP contribution in [0.4, 0.5) is 0 Å². The second kappa shape index (κ2) is 7.01. The zero-order valence-corrected chi connectivity index (χ0v) is 11.3. The molecule has 0 fully saturated rings. The molecule has 1 aromatic heterocycles. The van der Waals surface area contributed by atoms with E-state index in [0.29, 0.717) is 13.0 Å². The van der Waals surface area contributed by atoms with Crippen LogP contribution in [0.25, 0.3) is 0 Å². The quantitative estimate of drug-likeness (QED) is 0.815. The van der Waals surface area contributed by atoms with Crippen LogP contribution in [0, 0.1) is 0 Å². The molecule has 19 heavy (non-hydrogen) atoms. The van der Waals surface area contributed by atoms with Crippen molar-refractivity contribution in [1.82, 2.24) is 10.3 Å². The van der Waals surface area contributed by atoms with Gasteiger partial charge in [0.2, 0.25) is 0 Å². The highest BCUT2D eigenvalue weighted by Gasteiger charge is 2.04. The van der Waals surface area contributed by atoms with Gasteiger partial charge in [-0.05, 0) is 5.56 Å². The molecule has 2 N–H and O–H groups in total. The first-order chi connectivity index (χ1) is 9.24. The monoisotopic (exact) mass is 276 g/mol. The first-order valence-corrected chi connectivity index (χ1v) is 7.02. The van der Waals surface area contributed by atoms with E-state index >= 15 is 0 Å². The zero-order chi connectivity index (χ0) is 13.5. The van der Waals surface area contributed by atoms with E-state index in [2.05, 4.69) is 22.4 Å². The van der Waals surface area contributed by atoms with E-state index in [1.165, 1.54) is 5.56 Å². The summed E-state index contributed by atoms with van der Waals surface area (Å²) in [5, 5.41) is 14.9. The molecule has 0 saturated heterocycles. The Hall–Kier alpha value is -1.72. The number of thiazole rings is 1. The van der Waals surface area contributed by atoms with E-state index in [1.54, 1.807) is 11.3 Å². The van der Waals surface area contributed by atoms with Crippen LogP contribution in [0.3, 0.4) is 0 Å². The minimum atomic E-state index is -0.781. The normalized spacial score (nSPS) is 10.5. The fraction of sp³-hybridized carbons (Fsp3) is 0.286. The van der Waals surface area contributed by atoms with Gasteiger partial charge in [0.25, 0.3) is 0 Å². The van der Waals surface area contributed by atoms with Crippen LogP contribution >= 0.6 is 11.3 Å². The molecule has 2 rings (SSSR count). The van der Waals surface area contributed by atoms with Crippen molar-refractivity contribution in [3.05, 3.63) is 52.0 Å². The SMILES string of the molecule is O=C(O)CCc1csc(CNCc2ccccc2)n1. The van der Waals surface area contributed by atoms with Gasteiger partial charge in [0.05, 0.1) is 12.1 Å². The maximum atomic E-state index is 10.5. The number of aryl methyl sites for hydroxylation is 1. The van der Waals surface area contributed by atoms with Crippen LogP contribution in [0.1, 0.15) is 22.7 Å².